The molecule has 3 nitrogen and oxygen atoms in total. The van der Waals surface area contributed by atoms with Crippen LogP contribution in [0.25, 0.3) is 0 Å². The van der Waals surface area contributed by atoms with E-state index < -0.39 is 11.7 Å². The van der Waals surface area contributed by atoms with Gasteiger partial charge in [-0.05, 0) is 36.9 Å². The van der Waals surface area contributed by atoms with Crippen LogP contribution in [0.4, 0.5) is 4.39 Å². The Balaban J connectivity index is 2.01. The molecule has 0 aliphatic carbocycles. The van der Waals surface area contributed by atoms with Gasteiger partial charge in [-0.2, -0.15) is 0 Å². The lowest BCUT2D eigenvalue weighted by Gasteiger charge is -2.34. The number of hydrogen-bond acceptors (Lipinski definition) is 2. The van der Waals surface area contributed by atoms with E-state index in [0.717, 1.165) is 25.9 Å². The van der Waals surface area contributed by atoms with Gasteiger partial charge in [0.05, 0.1) is 10.6 Å². The molecule has 2 rings (SSSR count). The molecule has 1 saturated heterocycles. The van der Waals surface area contributed by atoms with Crippen molar-refractivity contribution in [3.05, 3.63) is 34.6 Å². The van der Waals surface area contributed by atoms with Gasteiger partial charge >= 0.3 is 0 Å². The van der Waals surface area contributed by atoms with Crippen molar-refractivity contribution in [1.82, 2.24) is 10.6 Å². The number of halogens is 2. The molecule has 1 unspecified atom stereocenters. The Morgan fingerprint density at radius 2 is 2.37 bits per heavy atom. The molecule has 0 bridgehead atoms. The van der Waals surface area contributed by atoms with E-state index >= 15 is 0 Å². The molecule has 1 aliphatic heterocycles. The summed E-state index contributed by atoms with van der Waals surface area (Å²) in [6.45, 7) is 4.51. The van der Waals surface area contributed by atoms with Crippen LogP contribution in [0.3, 0.4) is 0 Å². The summed E-state index contributed by atoms with van der Waals surface area (Å²) in [5, 5.41) is 6.24. The van der Waals surface area contributed by atoms with E-state index in [1.165, 1.54) is 18.2 Å². The number of nitrogens with one attached hydrogen (secondary N) is 2. The first kappa shape index (κ1) is 14.3. The lowest BCUT2D eigenvalue weighted by molar-refractivity contribution is 0.0921. The van der Waals surface area contributed by atoms with Gasteiger partial charge in [0.15, 0.2) is 0 Å². The van der Waals surface area contributed by atoms with E-state index in [0.29, 0.717) is 6.54 Å². The Morgan fingerprint density at radius 3 is 3.00 bits per heavy atom. The Labute approximate surface area is 117 Å². The molecule has 1 aromatic rings. The topological polar surface area (TPSA) is 41.1 Å². The van der Waals surface area contributed by atoms with Crippen molar-refractivity contribution in [3.8, 4) is 0 Å². The number of amides is 1. The van der Waals surface area contributed by atoms with Gasteiger partial charge in [-0.1, -0.05) is 24.6 Å². The largest absolute Gasteiger partial charge is 0.351 e. The predicted octanol–water partition coefficient (Wildman–Crippen LogP) is 2.60. The van der Waals surface area contributed by atoms with Crippen LogP contribution in [-0.2, 0) is 0 Å². The van der Waals surface area contributed by atoms with Crippen LogP contribution in [0.5, 0.6) is 0 Å². The van der Waals surface area contributed by atoms with E-state index in [1.807, 2.05) is 0 Å². The van der Waals surface area contributed by atoms with Crippen molar-refractivity contribution >= 4 is 17.5 Å². The molecule has 1 aliphatic rings. The number of piperidine rings is 1. The molecule has 0 radical (unpaired) electrons. The average molecular weight is 285 g/mol. The Kier molecular flexibility index (Phi) is 4.42. The zero-order valence-corrected chi connectivity index (χ0v) is 11.7. The zero-order valence-electron chi connectivity index (χ0n) is 10.9. The highest BCUT2D eigenvalue weighted by Crippen LogP contribution is 2.25. The molecule has 0 saturated carbocycles. The molecule has 1 fully saturated rings. The third kappa shape index (κ3) is 3.45. The SMILES string of the molecule is CC1(CNC(=O)c2c(F)cccc2Cl)CCCNC1. The highest BCUT2D eigenvalue weighted by molar-refractivity contribution is 6.33. The van der Waals surface area contributed by atoms with Gasteiger partial charge in [0.2, 0.25) is 0 Å². The maximum Gasteiger partial charge on any atom is 0.255 e. The first-order valence-electron chi connectivity index (χ1n) is 6.45. The van der Waals surface area contributed by atoms with E-state index in [1.54, 1.807) is 0 Å². The monoisotopic (exact) mass is 284 g/mol. The highest BCUT2D eigenvalue weighted by atomic mass is 35.5. The van der Waals surface area contributed by atoms with Crippen LogP contribution < -0.4 is 10.6 Å². The third-order valence-corrected chi connectivity index (χ3v) is 3.87. The van der Waals surface area contributed by atoms with Crippen LogP contribution in [0.2, 0.25) is 5.02 Å². The van der Waals surface area contributed by atoms with Gasteiger partial charge in [0, 0.05) is 13.1 Å². The first-order chi connectivity index (χ1) is 9.02. The number of benzene rings is 1. The van der Waals surface area contributed by atoms with Gasteiger partial charge < -0.3 is 10.6 Å². The number of rotatable bonds is 3. The van der Waals surface area contributed by atoms with Crippen molar-refractivity contribution < 1.29 is 9.18 Å². The predicted molar refractivity (Wildman–Crippen MR) is 74.0 cm³/mol. The smallest absolute Gasteiger partial charge is 0.255 e. The van der Waals surface area contributed by atoms with Crippen molar-refractivity contribution in [2.24, 2.45) is 5.41 Å². The lowest BCUT2D eigenvalue weighted by atomic mass is 9.83. The molecule has 0 aromatic heterocycles. The fourth-order valence-corrected chi connectivity index (χ4v) is 2.62. The normalized spacial score (nSPS) is 23.1. The second-order valence-electron chi connectivity index (χ2n) is 5.37. The molecule has 19 heavy (non-hydrogen) atoms. The molecule has 2 N–H and O–H groups in total. The number of carbonyl (C=O) groups is 1. The Morgan fingerprint density at radius 1 is 1.58 bits per heavy atom. The third-order valence-electron chi connectivity index (χ3n) is 3.55. The highest BCUT2D eigenvalue weighted by Gasteiger charge is 2.27. The molecule has 5 heteroatoms. The second-order valence-corrected chi connectivity index (χ2v) is 5.78. The molecule has 1 aromatic carbocycles. The van der Waals surface area contributed by atoms with E-state index in [-0.39, 0.29) is 16.0 Å². The minimum atomic E-state index is -0.586. The molecule has 104 valence electrons. The Bertz CT molecular complexity index is 452. The van der Waals surface area contributed by atoms with Crippen LogP contribution >= 0.6 is 11.6 Å². The number of hydrogen-bond donors (Lipinski definition) is 2. The van der Waals surface area contributed by atoms with E-state index in [4.69, 9.17) is 11.6 Å². The summed E-state index contributed by atoms with van der Waals surface area (Å²) in [7, 11) is 0. The summed E-state index contributed by atoms with van der Waals surface area (Å²) in [6.07, 6.45) is 2.14. The van der Waals surface area contributed by atoms with E-state index in [2.05, 4.69) is 17.6 Å². The summed E-state index contributed by atoms with van der Waals surface area (Å²) in [6, 6.07) is 4.24. The van der Waals surface area contributed by atoms with Gasteiger partial charge in [-0.25, -0.2) is 4.39 Å². The molecule has 1 amide bonds. The molecule has 1 atom stereocenters. The summed E-state index contributed by atoms with van der Waals surface area (Å²) < 4.78 is 13.6. The molecule has 1 heterocycles. The maximum atomic E-state index is 13.6. The summed E-state index contributed by atoms with van der Waals surface area (Å²) in [4.78, 5) is 12.0. The second kappa shape index (κ2) is 5.88. The standard InChI is InChI=1S/C14H18ClFN2O/c1-14(6-3-7-17-8-14)9-18-13(19)12-10(15)4-2-5-11(12)16/h2,4-5,17H,3,6-9H2,1H3,(H,18,19). The fourth-order valence-electron chi connectivity index (χ4n) is 2.37. The minimum absolute atomic E-state index is 0.0195. The summed E-state index contributed by atoms with van der Waals surface area (Å²) >= 11 is 5.87. The first-order valence-corrected chi connectivity index (χ1v) is 6.83. The molecular formula is C14H18ClFN2O. The average Bonchev–Trinajstić information content (AvgIpc) is 2.37. The van der Waals surface area contributed by atoms with Gasteiger partial charge in [0.25, 0.3) is 5.91 Å². The van der Waals surface area contributed by atoms with Gasteiger partial charge in [-0.3, -0.25) is 4.79 Å². The van der Waals surface area contributed by atoms with Crippen LogP contribution in [0, 0.1) is 11.2 Å². The van der Waals surface area contributed by atoms with Gasteiger partial charge in [0.1, 0.15) is 5.82 Å². The van der Waals surface area contributed by atoms with E-state index in [9.17, 15) is 9.18 Å². The zero-order chi connectivity index (χ0) is 13.9. The lowest BCUT2D eigenvalue weighted by Crippen LogP contribution is -2.45. The van der Waals surface area contributed by atoms with Crippen molar-refractivity contribution in [2.75, 3.05) is 19.6 Å². The van der Waals surface area contributed by atoms with Crippen LogP contribution in [0.15, 0.2) is 18.2 Å². The minimum Gasteiger partial charge on any atom is -0.351 e. The molecule has 0 spiro atoms. The van der Waals surface area contributed by atoms with Gasteiger partial charge in [-0.15, -0.1) is 0 Å². The van der Waals surface area contributed by atoms with Crippen LogP contribution in [-0.4, -0.2) is 25.5 Å². The number of carbonyl (C=O) groups excluding carboxylic acids is 1. The summed E-state index contributed by atoms with van der Waals surface area (Å²) in [5.74, 6) is -1.04. The fraction of sp³-hybridized carbons (Fsp3) is 0.500. The Hall–Kier alpha value is -1.13. The van der Waals surface area contributed by atoms with Crippen molar-refractivity contribution in [2.45, 2.75) is 19.8 Å². The van der Waals surface area contributed by atoms with Crippen molar-refractivity contribution in [1.29, 1.82) is 0 Å². The maximum absolute atomic E-state index is 13.6. The summed E-state index contributed by atoms with van der Waals surface area (Å²) in [5.41, 5.74) is -0.0532. The quantitative estimate of drug-likeness (QED) is 0.896. The van der Waals surface area contributed by atoms with Crippen molar-refractivity contribution in [3.63, 3.8) is 0 Å². The van der Waals surface area contributed by atoms with Crippen LogP contribution in [0.1, 0.15) is 30.1 Å². The molecular weight excluding hydrogens is 267 g/mol.